The topological polar surface area (TPSA) is 41.1 Å². The third-order valence-electron chi connectivity index (χ3n) is 2.86. The monoisotopic (exact) mass is 336 g/mol. The molecule has 1 aliphatic heterocycles. The predicted octanol–water partition coefficient (Wildman–Crippen LogP) is 3.16. The second kappa shape index (κ2) is 5.40. The maximum Gasteiger partial charge on any atom is 0.416 e. The van der Waals surface area contributed by atoms with E-state index in [1.807, 2.05) is 0 Å². The lowest BCUT2D eigenvalue weighted by Crippen LogP contribution is -2.31. The molecule has 2 N–H and O–H groups in total. The van der Waals surface area contributed by atoms with E-state index in [1.165, 1.54) is 0 Å². The molecule has 1 saturated heterocycles. The van der Waals surface area contributed by atoms with Crippen molar-refractivity contribution in [3.05, 3.63) is 28.2 Å². The number of nitrogens with one attached hydrogen (secondary N) is 2. The van der Waals surface area contributed by atoms with Crippen LogP contribution in [0.5, 0.6) is 0 Å². The van der Waals surface area contributed by atoms with Crippen LogP contribution in [0.15, 0.2) is 22.7 Å². The first-order chi connectivity index (χ1) is 8.84. The third-order valence-corrected chi connectivity index (χ3v) is 3.32. The largest absolute Gasteiger partial charge is 0.416 e. The number of carbonyl (C=O) groups excluding carboxylic acids is 1. The van der Waals surface area contributed by atoms with Crippen molar-refractivity contribution in [3.8, 4) is 0 Å². The highest BCUT2D eigenvalue weighted by atomic mass is 79.9. The Balaban J connectivity index is 2.04. The maximum atomic E-state index is 12.6. The first-order valence-corrected chi connectivity index (χ1v) is 6.55. The normalized spacial score (nSPS) is 19.4. The molecule has 0 spiro atoms. The number of amides is 1. The number of rotatable bonds is 3. The van der Waals surface area contributed by atoms with E-state index in [4.69, 9.17) is 0 Å². The van der Waals surface area contributed by atoms with Gasteiger partial charge in [0.1, 0.15) is 0 Å². The van der Waals surface area contributed by atoms with E-state index in [2.05, 4.69) is 26.6 Å². The summed E-state index contributed by atoms with van der Waals surface area (Å²) in [5.41, 5.74) is -0.331. The second-order valence-corrected chi connectivity index (χ2v) is 5.33. The fourth-order valence-corrected chi connectivity index (χ4v) is 2.42. The van der Waals surface area contributed by atoms with Crippen molar-refractivity contribution in [2.24, 2.45) is 0 Å². The highest BCUT2D eigenvalue weighted by molar-refractivity contribution is 9.10. The average molecular weight is 337 g/mol. The number of anilines is 1. The SMILES string of the molecule is O=C1CCC(CNc2cc(Br)cc(C(F)(F)F)c2)N1. The van der Waals surface area contributed by atoms with Gasteiger partial charge >= 0.3 is 6.18 Å². The summed E-state index contributed by atoms with van der Waals surface area (Å²) in [6, 6.07) is 3.64. The molecule has 7 heteroatoms. The Bertz CT molecular complexity index is 490. The molecule has 1 heterocycles. The van der Waals surface area contributed by atoms with E-state index in [1.54, 1.807) is 6.07 Å². The average Bonchev–Trinajstić information content (AvgIpc) is 2.71. The van der Waals surface area contributed by atoms with E-state index in [0.29, 0.717) is 29.5 Å². The Morgan fingerprint density at radius 3 is 2.68 bits per heavy atom. The van der Waals surface area contributed by atoms with Gasteiger partial charge in [-0.2, -0.15) is 13.2 Å². The molecule has 0 aromatic heterocycles. The Kier molecular flexibility index (Phi) is 4.03. The van der Waals surface area contributed by atoms with Crippen LogP contribution in [0, 0.1) is 0 Å². The highest BCUT2D eigenvalue weighted by Gasteiger charge is 2.31. The van der Waals surface area contributed by atoms with Crippen LogP contribution < -0.4 is 10.6 Å². The molecule has 2 rings (SSSR count). The van der Waals surface area contributed by atoms with E-state index in [0.717, 1.165) is 12.1 Å². The van der Waals surface area contributed by atoms with Crippen molar-refractivity contribution >= 4 is 27.5 Å². The van der Waals surface area contributed by atoms with Gasteiger partial charge in [0.15, 0.2) is 0 Å². The number of carbonyl (C=O) groups is 1. The lowest BCUT2D eigenvalue weighted by Gasteiger charge is -2.14. The first kappa shape index (κ1) is 14.2. The van der Waals surface area contributed by atoms with E-state index >= 15 is 0 Å². The van der Waals surface area contributed by atoms with E-state index in [-0.39, 0.29) is 11.9 Å². The lowest BCUT2D eigenvalue weighted by atomic mass is 10.2. The summed E-state index contributed by atoms with van der Waals surface area (Å²) in [5.74, 6) is -0.0166. The minimum absolute atomic E-state index is 0.0166. The van der Waals surface area contributed by atoms with Crippen molar-refractivity contribution in [2.45, 2.75) is 25.1 Å². The van der Waals surface area contributed by atoms with Gasteiger partial charge in [-0.15, -0.1) is 0 Å². The minimum Gasteiger partial charge on any atom is -0.383 e. The van der Waals surface area contributed by atoms with Crippen molar-refractivity contribution in [1.29, 1.82) is 0 Å². The summed E-state index contributed by atoms with van der Waals surface area (Å²) in [6.45, 7) is 0.416. The molecular formula is C12H12BrF3N2O. The van der Waals surface area contributed by atoms with Crippen molar-refractivity contribution in [3.63, 3.8) is 0 Å². The van der Waals surface area contributed by atoms with Gasteiger partial charge in [-0.3, -0.25) is 4.79 Å². The molecule has 0 aliphatic carbocycles. The van der Waals surface area contributed by atoms with Crippen LogP contribution in [0.3, 0.4) is 0 Å². The summed E-state index contributed by atoms with van der Waals surface area (Å²) in [5, 5.41) is 5.66. The lowest BCUT2D eigenvalue weighted by molar-refractivity contribution is -0.137. The zero-order valence-corrected chi connectivity index (χ0v) is 11.4. The van der Waals surface area contributed by atoms with Gasteiger partial charge in [-0.1, -0.05) is 15.9 Å². The maximum absolute atomic E-state index is 12.6. The number of hydrogen-bond donors (Lipinski definition) is 2. The molecule has 0 radical (unpaired) electrons. The molecule has 1 atom stereocenters. The minimum atomic E-state index is -4.37. The molecule has 3 nitrogen and oxygen atoms in total. The molecule has 1 aromatic carbocycles. The van der Waals surface area contributed by atoms with Crippen molar-refractivity contribution in [1.82, 2.24) is 5.32 Å². The predicted molar refractivity (Wildman–Crippen MR) is 68.8 cm³/mol. The third kappa shape index (κ3) is 3.86. The second-order valence-electron chi connectivity index (χ2n) is 4.41. The number of halogens is 4. The van der Waals surface area contributed by atoms with Gasteiger partial charge in [0.2, 0.25) is 5.91 Å². The van der Waals surface area contributed by atoms with Crippen molar-refractivity contribution in [2.75, 3.05) is 11.9 Å². The molecule has 0 saturated carbocycles. The Labute approximate surface area is 116 Å². The molecular weight excluding hydrogens is 325 g/mol. The van der Waals surface area contributed by atoms with Crippen LogP contribution in [0.25, 0.3) is 0 Å². The van der Waals surface area contributed by atoms with E-state index in [9.17, 15) is 18.0 Å². The van der Waals surface area contributed by atoms with Crippen LogP contribution in [0.1, 0.15) is 18.4 Å². The highest BCUT2D eigenvalue weighted by Crippen LogP contribution is 2.33. The van der Waals surface area contributed by atoms with Gasteiger partial charge in [-0.25, -0.2) is 0 Å². The molecule has 1 fully saturated rings. The quantitative estimate of drug-likeness (QED) is 0.890. The van der Waals surface area contributed by atoms with Crippen LogP contribution >= 0.6 is 15.9 Å². The van der Waals surface area contributed by atoms with Gasteiger partial charge in [-0.05, 0) is 24.6 Å². The Morgan fingerprint density at radius 2 is 2.11 bits per heavy atom. The van der Waals surface area contributed by atoms with Crippen LogP contribution in [-0.2, 0) is 11.0 Å². The number of alkyl halides is 3. The Hall–Kier alpha value is -1.24. The summed E-state index contributed by atoms with van der Waals surface area (Å²) in [6.07, 6.45) is -3.20. The molecule has 1 unspecified atom stereocenters. The van der Waals surface area contributed by atoms with Gasteiger partial charge < -0.3 is 10.6 Å². The zero-order chi connectivity index (χ0) is 14.0. The molecule has 1 aliphatic rings. The molecule has 19 heavy (non-hydrogen) atoms. The molecule has 1 aromatic rings. The molecule has 0 bridgehead atoms. The summed E-state index contributed by atoms with van der Waals surface area (Å²) >= 11 is 3.06. The standard InChI is InChI=1S/C12H12BrF3N2O/c13-8-3-7(12(14,15)16)4-10(5-8)17-6-9-1-2-11(19)18-9/h3-5,9,17H,1-2,6H2,(H,18,19). The van der Waals surface area contributed by atoms with Crippen LogP contribution in [-0.4, -0.2) is 18.5 Å². The Morgan fingerprint density at radius 1 is 1.37 bits per heavy atom. The number of benzene rings is 1. The molecule has 104 valence electrons. The summed E-state index contributed by atoms with van der Waals surface area (Å²) < 4.78 is 38.3. The van der Waals surface area contributed by atoms with Gasteiger partial charge in [0, 0.05) is 29.2 Å². The summed E-state index contributed by atoms with van der Waals surface area (Å²) in [7, 11) is 0. The van der Waals surface area contributed by atoms with Gasteiger partial charge in [0.25, 0.3) is 0 Å². The smallest absolute Gasteiger partial charge is 0.383 e. The number of hydrogen-bond acceptors (Lipinski definition) is 2. The van der Waals surface area contributed by atoms with Crippen LogP contribution in [0.2, 0.25) is 0 Å². The fraction of sp³-hybridized carbons (Fsp3) is 0.417. The fourth-order valence-electron chi connectivity index (χ4n) is 1.93. The van der Waals surface area contributed by atoms with Crippen LogP contribution in [0.4, 0.5) is 18.9 Å². The molecule has 1 amide bonds. The van der Waals surface area contributed by atoms with Gasteiger partial charge in [0.05, 0.1) is 5.56 Å². The van der Waals surface area contributed by atoms with Crippen molar-refractivity contribution < 1.29 is 18.0 Å². The zero-order valence-electron chi connectivity index (χ0n) is 9.85. The first-order valence-electron chi connectivity index (χ1n) is 5.75. The van der Waals surface area contributed by atoms with E-state index < -0.39 is 11.7 Å². The summed E-state index contributed by atoms with van der Waals surface area (Å²) in [4.78, 5) is 11.0.